The van der Waals surface area contributed by atoms with Gasteiger partial charge in [-0.2, -0.15) is 0 Å². The molecule has 0 bridgehead atoms. The zero-order chi connectivity index (χ0) is 23.7. The number of ether oxygens (including phenoxy) is 2. The van der Waals surface area contributed by atoms with Crippen LogP contribution in [0.4, 0.5) is 0 Å². The van der Waals surface area contributed by atoms with E-state index in [4.69, 9.17) is 9.47 Å². The normalized spacial score (nSPS) is 24.3. The lowest BCUT2D eigenvalue weighted by Gasteiger charge is -2.29. The second kappa shape index (κ2) is 9.56. The van der Waals surface area contributed by atoms with Gasteiger partial charge in [0.2, 0.25) is 0 Å². The monoisotopic (exact) mass is 463 g/mol. The fourth-order valence-electron chi connectivity index (χ4n) is 5.02. The lowest BCUT2D eigenvalue weighted by Crippen LogP contribution is -2.38. The van der Waals surface area contributed by atoms with Crippen LogP contribution in [0.15, 0.2) is 48.3 Å². The third kappa shape index (κ3) is 4.31. The number of pyridine rings is 1. The molecule has 2 atom stereocenters. The van der Waals surface area contributed by atoms with Crippen LogP contribution in [0.5, 0.6) is 5.75 Å². The maximum atomic E-state index is 13.2. The largest absolute Gasteiger partial charge is 0.507 e. The van der Waals surface area contributed by atoms with Gasteiger partial charge in [-0.1, -0.05) is 0 Å². The first-order chi connectivity index (χ1) is 16.5. The highest BCUT2D eigenvalue weighted by molar-refractivity contribution is 6.46. The number of carbonyl (C=O) groups excluding carboxylic acids is 2. The molecular formula is C26H29N3O5. The van der Waals surface area contributed by atoms with E-state index in [2.05, 4.69) is 9.88 Å². The van der Waals surface area contributed by atoms with Crippen LogP contribution < -0.4 is 4.74 Å². The summed E-state index contributed by atoms with van der Waals surface area (Å²) in [6.45, 7) is 6.39. The smallest absolute Gasteiger partial charge is 0.295 e. The summed E-state index contributed by atoms with van der Waals surface area (Å²) >= 11 is 0. The molecule has 1 aromatic carbocycles. The van der Waals surface area contributed by atoms with Gasteiger partial charge in [-0.15, -0.1) is 0 Å². The molecule has 4 heterocycles. The Morgan fingerprint density at radius 2 is 1.88 bits per heavy atom. The molecule has 34 heavy (non-hydrogen) atoms. The highest BCUT2D eigenvalue weighted by Crippen LogP contribution is 2.40. The lowest BCUT2D eigenvalue weighted by molar-refractivity contribution is -0.140. The van der Waals surface area contributed by atoms with Crippen molar-refractivity contribution in [3.05, 3.63) is 65.0 Å². The molecule has 1 amide bonds. The van der Waals surface area contributed by atoms with Crippen molar-refractivity contribution in [1.82, 2.24) is 14.8 Å². The van der Waals surface area contributed by atoms with E-state index in [1.807, 2.05) is 19.1 Å². The van der Waals surface area contributed by atoms with Gasteiger partial charge < -0.3 is 19.5 Å². The molecule has 3 aliphatic rings. The summed E-state index contributed by atoms with van der Waals surface area (Å²) < 4.78 is 11.2. The zero-order valence-corrected chi connectivity index (χ0v) is 19.3. The summed E-state index contributed by atoms with van der Waals surface area (Å²) in [5.74, 6) is -0.601. The number of likely N-dealkylation sites (tertiary alicyclic amines) is 1. The van der Waals surface area contributed by atoms with Gasteiger partial charge in [0, 0.05) is 50.6 Å². The van der Waals surface area contributed by atoms with Crippen molar-refractivity contribution in [3.8, 4) is 5.75 Å². The van der Waals surface area contributed by atoms with Crippen molar-refractivity contribution in [2.75, 3.05) is 39.4 Å². The minimum Gasteiger partial charge on any atom is -0.507 e. The van der Waals surface area contributed by atoms with Crippen molar-refractivity contribution in [1.29, 1.82) is 0 Å². The molecule has 2 fully saturated rings. The topological polar surface area (TPSA) is 92.2 Å². The maximum absolute atomic E-state index is 13.2. The van der Waals surface area contributed by atoms with Crippen molar-refractivity contribution in [2.24, 2.45) is 0 Å². The van der Waals surface area contributed by atoms with Gasteiger partial charge in [-0.25, -0.2) is 0 Å². The van der Waals surface area contributed by atoms with Crippen molar-refractivity contribution < 1.29 is 24.2 Å². The van der Waals surface area contributed by atoms with Crippen LogP contribution in [0.3, 0.4) is 0 Å². The summed E-state index contributed by atoms with van der Waals surface area (Å²) in [5, 5.41) is 11.3. The Balaban J connectivity index is 1.46. The minimum atomic E-state index is -0.657. The van der Waals surface area contributed by atoms with Crippen molar-refractivity contribution in [3.63, 3.8) is 0 Å². The number of aliphatic hydroxyl groups is 1. The van der Waals surface area contributed by atoms with Gasteiger partial charge >= 0.3 is 0 Å². The fraction of sp³-hybridized carbons (Fsp3) is 0.423. The third-order valence-corrected chi connectivity index (χ3v) is 6.71. The molecule has 8 nitrogen and oxygen atoms in total. The Morgan fingerprint density at radius 1 is 1.12 bits per heavy atom. The molecule has 2 saturated heterocycles. The standard InChI is InChI=1S/C26H29N3O5/c1-17-15-20-16-19(3-4-21(20)34-17)24(30)22-23(18-5-7-27-8-6-18)29(26(32)25(22)31)10-2-9-28-11-13-33-14-12-28/h3-8,16-17,23,30H,2,9-15H2,1H3/t17-,23-/m0/s1. The number of aliphatic hydroxyl groups excluding tert-OH is 1. The van der Waals surface area contributed by atoms with Crippen LogP contribution in [0, 0.1) is 0 Å². The van der Waals surface area contributed by atoms with Crippen LogP contribution in [0.1, 0.15) is 36.1 Å². The second-order valence-corrected chi connectivity index (χ2v) is 9.04. The maximum Gasteiger partial charge on any atom is 0.295 e. The summed E-state index contributed by atoms with van der Waals surface area (Å²) in [6, 6.07) is 8.32. The van der Waals surface area contributed by atoms with Crippen molar-refractivity contribution in [2.45, 2.75) is 31.9 Å². The average Bonchev–Trinajstić information content (AvgIpc) is 3.35. The number of aromatic nitrogens is 1. The number of Topliss-reactive ketones (excluding diaryl/α,β-unsaturated/α-hetero) is 1. The Labute approximate surface area is 198 Å². The quantitative estimate of drug-likeness (QED) is 0.400. The van der Waals surface area contributed by atoms with Crippen LogP contribution in [-0.4, -0.2) is 77.1 Å². The number of hydrogen-bond donors (Lipinski definition) is 1. The number of rotatable bonds is 6. The first-order valence-corrected chi connectivity index (χ1v) is 11.8. The first kappa shape index (κ1) is 22.6. The van der Waals surface area contributed by atoms with Crippen LogP contribution in [0.2, 0.25) is 0 Å². The Morgan fingerprint density at radius 3 is 2.65 bits per heavy atom. The number of benzene rings is 1. The summed E-state index contributed by atoms with van der Waals surface area (Å²) in [6.07, 6.45) is 4.80. The predicted octanol–water partition coefficient (Wildman–Crippen LogP) is 2.55. The summed E-state index contributed by atoms with van der Waals surface area (Å²) in [5.41, 5.74) is 2.37. The number of carbonyl (C=O) groups is 2. The lowest BCUT2D eigenvalue weighted by atomic mass is 9.95. The molecule has 1 N–H and O–H groups in total. The zero-order valence-electron chi connectivity index (χ0n) is 19.3. The fourth-order valence-corrected chi connectivity index (χ4v) is 5.02. The van der Waals surface area contributed by atoms with E-state index in [-0.39, 0.29) is 17.4 Å². The number of morpholine rings is 1. The average molecular weight is 464 g/mol. The van der Waals surface area contributed by atoms with Gasteiger partial charge in [0.25, 0.3) is 11.7 Å². The number of ketones is 1. The van der Waals surface area contributed by atoms with E-state index in [9.17, 15) is 14.7 Å². The van der Waals surface area contributed by atoms with E-state index >= 15 is 0 Å². The van der Waals surface area contributed by atoms with Gasteiger partial charge in [0.05, 0.1) is 24.8 Å². The van der Waals surface area contributed by atoms with Gasteiger partial charge in [-0.05, 0) is 54.8 Å². The van der Waals surface area contributed by atoms with E-state index < -0.39 is 17.7 Å². The molecule has 3 aliphatic heterocycles. The Hall–Kier alpha value is -3.23. The number of amides is 1. The summed E-state index contributed by atoms with van der Waals surface area (Å²) in [4.78, 5) is 34.3. The molecule has 2 aromatic rings. The highest BCUT2D eigenvalue weighted by atomic mass is 16.5. The molecular weight excluding hydrogens is 434 g/mol. The van der Waals surface area contributed by atoms with E-state index in [1.165, 1.54) is 0 Å². The Bertz CT molecular complexity index is 1110. The molecule has 0 saturated carbocycles. The van der Waals surface area contributed by atoms with Gasteiger partial charge in [-0.3, -0.25) is 19.5 Å². The van der Waals surface area contributed by atoms with Crippen LogP contribution in [0.25, 0.3) is 5.76 Å². The second-order valence-electron chi connectivity index (χ2n) is 9.04. The van der Waals surface area contributed by atoms with Gasteiger partial charge in [0.15, 0.2) is 0 Å². The number of hydrogen-bond acceptors (Lipinski definition) is 7. The molecule has 0 radical (unpaired) electrons. The molecule has 0 unspecified atom stereocenters. The van der Waals surface area contributed by atoms with E-state index in [0.29, 0.717) is 25.3 Å². The Kier molecular flexibility index (Phi) is 6.34. The first-order valence-electron chi connectivity index (χ1n) is 11.8. The SMILES string of the molecule is C[C@H]1Cc2cc(C(O)=C3C(=O)C(=O)N(CCCN4CCOCC4)[C@H]3c3ccncc3)ccc2O1. The number of fused-ring (bicyclic) bond motifs is 1. The number of nitrogens with zero attached hydrogens (tertiary/aromatic N) is 3. The highest BCUT2D eigenvalue weighted by Gasteiger charge is 2.45. The molecule has 0 aliphatic carbocycles. The van der Waals surface area contributed by atoms with E-state index in [1.54, 1.807) is 35.5 Å². The minimum absolute atomic E-state index is 0.0706. The molecule has 5 rings (SSSR count). The third-order valence-electron chi connectivity index (χ3n) is 6.71. The molecule has 0 spiro atoms. The predicted molar refractivity (Wildman–Crippen MR) is 125 cm³/mol. The summed E-state index contributed by atoms with van der Waals surface area (Å²) in [7, 11) is 0. The molecule has 1 aromatic heterocycles. The van der Waals surface area contributed by atoms with E-state index in [0.717, 1.165) is 49.4 Å². The van der Waals surface area contributed by atoms with Crippen LogP contribution in [-0.2, 0) is 20.7 Å². The molecule has 178 valence electrons. The molecule has 8 heteroatoms. The van der Waals surface area contributed by atoms with Crippen molar-refractivity contribution >= 4 is 17.4 Å². The van der Waals surface area contributed by atoms with Crippen LogP contribution >= 0.6 is 0 Å². The van der Waals surface area contributed by atoms with Gasteiger partial charge in [0.1, 0.15) is 17.6 Å².